The maximum atomic E-state index is 6.20. The van der Waals surface area contributed by atoms with Crippen molar-refractivity contribution in [3.8, 4) is 0 Å². The minimum absolute atomic E-state index is 0.826. The van der Waals surface area contributed by atoms with E-state index in [9.17, 15) is 0 Å². The monoisotopic (exact) mass is 323 g/mol. The topological polar surface area (TPSA) is 28.2 Å². The van der Waals surface area contributed by atoms with E-state index in [-0.39, 0.29) is 0 Å². The highest BCUT2D eigenvalue weighted by molar-refractivity contribution is 7.09. The molecule has 0 spiro atoms. The number of thiazole rings is 1. The molecular formula is C16H22ClN3S. The van der Waals surface area contributed by atoms with Gasteiger partial charge in [0.25, 0.3) is 0 Å². The van der Waals surface area contributed by atoms with Crippen LogP contribution in [-0.4, -0.2) is 23.5 Å². The number of hydrogen-bond acceptors (Lipinski definition) is 4. The fraction of sp³-hybridized carbons (Fsp3) is 0.438. The van der Waals surface area contributed by atoms with E-state index in [1.54, 1.807) is 11.3 Å². The van der Waals surface area contributed by atoms with Crippen LogP contribution >= 0.6 is 22.9 Å². The second-order valence-electron chi connectivity index (χ2n) is 5.17. The van der Waals surface area contributed by atoms with E-state index in [0.717, 1.165) is 53.9 Å². The quantitative estimate of drug-likeness (QED) is 0.746. The molecule has 0 aliphatic rings. The Bertz CT molecular complexity index is 556. The van der Waals surface area contributed by atoms with E-state index < -0.39 is 0 Å². The van der Waals surface area contributed by atoms with Gasteiger partial charge >= 0.3 is 0 Å². The molecule has 0 amide bonds. The van der Waals surface area contributed by atoms with Gasteiger partial charge < -0.3 is 5.32 Å². The molecule has 1 aromatic carbocycles. The van der Waals surface area contributed by atoms with Crippen LogP contribution in [0.3, 0.4) is 0 Å². The van der Waals surface area contributed by atoms with E-state index in [2.05, 4.69) is 40.6 Å². The van der Waals surface area contributed by atoms with Gasteiger partial charge in [-0.3, -0.25) is 4.90 Å². The minimum atomic E-state index is 0.826. The molecule has 0 aliphatic carbocycles. The van der Waals surface area contributed by atoms with Crippen molar-refractivity contribution in [2.45, 2.75) is 33.0 Å². The van der Waals surface area contributed by atoms with Crippen LogP contribution in [0, 0.1) is 0 Å². The largest absolute Gasteiger partial charge is 0.310 e. The summed E-state index contributed by atoms with van der Waals surface area (Å²) in [6.07, 6.45) is 1.15. The molecule has 0 fully saturated rings. The lowest BCUT2D eigenvalue weighted by molar-refractivity contribution is 0.315. The molecule has 1 heterocycles. The summed E-state index contributed by atoms with van der Waals surface area (Å²) in [5.74, 6) is 0. The molecule has 0 saturated heterocycles. The Balaban J connectivity index is 1.85. The van der Waals surface area contributed by atoms with Crippen LogP contribution in [-0.2, 0) is 19.6 Å². The average molecular weight is 324 g/mol. The van der Waals surface area contributed by atoms with Crippen molar-refractivity contribution in [2.24, 2.45) is 0 Å². The molecule has 1 aromatic heterocycles. The van der Waals surface area contributed by atoms with Gasteiger partial charge in [-0.2, -0.15) is 0 Å². The Morgan fingerprint density at radius 1 is 1.29 bits per heavy atom. The first-order valence-electron chi connectivity index (χ1n) is 7.25. The number of nitrogens with one attached hydrogen (secondary N) is 1. The molecule has 0 bridgehead atoms. The van der Waals surface area contributed by atoms with Crippen molar-refractivity contribution in [2.75, 3.05) is 13.6 Å². The van der Waals surface area contributed by atoms with Crippen molar-refractivity contribution in [3.63, 3.8) is 0 Å². The molecule has 1 N–H and O–H groups in total. The summed E-state index contributed by atoms with van der Waals surface area (Å²) in [5, 5.41) is 7.51. The number of halogens is 1. The highest BCUT2D eigenvalue weighted by Gasteiger charge is 2.07. The Morgan fingerprint density at radius 3 is 2.86 bits per heavy atom. The molecule has 5 heteroatoms. The van der Waals surface area contributed by atoms with Crippen molar-refractivity contribution >= 4 is 22.9 Å². The Morgan fingerprint density at radius 2 is 2.10 bits per heavy atom. The van der Waals surface area contributed by atoms with Crippen molar-refractivity contribution in [1.29, 1.82) is 0 Å². The van der Waals surface area contributed by atoms with Gasteiger partial charge in [0.1, 0.15) is 5.01 Å². The van der Waals surface area contributed by atoms with Crippen LogP contribution in [0.5, 0.6) is 0 Å². The van der Waals surface area contributed by atoms with E-state index in [1.807, 2.05) is 18.2 Å². The lowest BCUT2D eigenvalue weighted by atomic mass is 10.2. The van der Waals surface area contributed by atoms with Crippen LogP contribution in [0.4, 0.5) is 0 Å². The Hall–Kier alpha value is -0.940. The molecule has 0 unspecified atom stereocenters. The van der Waals surface area contributed by atoms with Gasteiger partial charge in [-0.05, 0) is 31.6 Å². The Kier molecular flexibility index (Phi) is 6.64. The van der Waals surface area contributed by atoms with Gasteiger partial charge in [0.15, 0.2) is 0 Å². The molecule has 0 aliphatic heterocycles. The summed E-state index contributed by atoms with van der Waals surface area (Å²) in [5.41, 5.74) is 2.28. The SMILES string of the molecule is CCCNCc1nc(CN(C)Cc2ccccc2Cl)cs1. The summed E-state index contributed by atoms with van der Waals surface area (Å²) >= 11 is 7.92. The molecule has 2 rings (SSSR count). The fourth-order valence-corrected chi connectivity index (χ4v) is 3.07. The maximum absolute atomic E-state index is 6.20. The summed E-state index contributed by atoms with van der Waals surface area (Å²) < 4.78 is 0. The molecule has 0 atom stereocenters. The minimum Gasteiger partial charge on any atom is -0.310 e. The third-order valence-electron chi connectivity index (χ3n) is 3.13. The zero-order valence-corrected chi connectivity index (χ0v) is 14.2. The third kappa shape index (κ3) is 5.40. The summed E-state index contributed by atoms with van der Waals surface area (Å²) in [6.45, 7) is 5.76. The number of rotatable bonds is 8. The van der Waals surface area contributed by atoms with E-state index in [0.29, 0.717) is 0 Å². The second kappa shape index (κ2) is 8.49. The van der Waals surface area contributed by atoms with E-state index in [1.165, 1.54) is 0 Å². The highest BCUT2D eigenvalue weighted by atomic mass is 35.5. The summed E-state index contributed by atoms with van der Waals surface area (Å²) in [7, 11) is 2.09. The van der Waals surface area contributed by atoms with Crippen molar-refractivity contribution < 1.29 is 0 Å². The standard InChI is InChI=1S/C16H22ClN3S/c1-3-8-18-9-16-19-14(12-21-16)11-20(2)10-13-6-4-5-7-15(13)17/h4-7,12,18H,3,8-11H2,1-2H3. The normalized spacial score (nSPS) is 11.2. The number of hydrogen-bond donors (Lipinski definition) is 1. The van der Waals surface area contributed by atoms with E-state index in [4.69, 9.17) is 11.6 Å². The van der Waals surface area contributed by atoms with Gasteiger partial charge in [-0.15, -0.1) is 11.3 Å². The van der Waals surface area contributed by atoms with Crippen molar-refractivity contribution in [1.82, 2.24) is 15.2 Å². The van der Waals surface area contributed by atoms with Gasteiger partial charge in [0.05, 0.1) is 5.69 Å². The first kappa shape index (κ1) is 16.4. The van der Waals surface area contributed by atoms with Crippen LogP contribution < -0.4 is 5.32 Å². The first-order valence-corrected chi connectivity index (χ1v) is 8.50. The lowest BCUT2D eigenvalue weighted by Crippen LogP contribution is -2.18. The Labute approximate surface area is 136 Å². The van der Waals surface area contributed by atoms with Crippen LogP contribution in [0.15, 0.2) is 29.6 Å². The summed E-state index contributed by atoms with van der Waals surface area (Å²) in [4.78, 5) is 6.90. The lowest BCUT2D eigenvalue weighted by Gasteiger charge is -2.16. The maximum Gasteiger partial charge on any atom is 0.107 e. The average Bonchev–Trinajstić information content (AvgIpc) is 2.89. The van der Waals surface area contributed by atoms with Crippen LogP contribution in [0.2, 0.25) is 5.02 Å². The third-order valence-corrected chi connectivity index (χ3v) is 4.40. The van der Waals surface area contributed by atoms with Crippen LogP contribution in [0.25, 0.3) is 0 Å². The molecule has 0 radical (unpaired) electrons. The highest BCUT2D eigenvalue weighted by Crippen LogP contribution is 2.18. The zero-order chi connectivity index (χ0) is 15.1. The van der Waals surface area contributed by atoms with Crippen LogP contribution in [0.1, 0.15) is 29.6 Å². The van der Waals surface area contributed by atoms with Gasteiger partial charge in [0.2, 0.25) is 0 Å². The molecule has 21 heavy (non-hydrogen) atoms. The van der Waals surface area contributed by atoms with Crippen molar-refractivity contribution in [3.05, 3.63) is 50.9 Å². The zero-order valence-electron chi connectivity index (χ0n) is 12.6. The predicted molar refractivity (Wildman–Crippen MR) is 90.7 cm³/mol. The van der Waals surface area contributed by atoms with Gasteiger partial charge in [0, 0.05) is 30.0 Å². The van der Waals surface area contributed by atoms with Gasteiger partial charge in [-0.25, -0.2) is 4.98 Å². The molecule has 2 aromatic rings. The number of benzene rings is 1. The molecule has 0 saturated carbocycles. The fourth-order valence-electron chi connectivity index (χ4n) is 2.12. The van der Waals surface area contributed by atoms with E-state index >= 15 is 0 Å². The van der Waals surface area contributed by atoms with Gasteiger partial charge in [-0.1, -0.05) is 36.7 Å². The number of aromatic nitrogens is 1. The first-order chi connectivity index (χ1) is 10.2. The summed E-state index contributed by atoms with van der Waals surface area (Å²) in [6, 6.07) is 7.99. The molecular weight excluding hydrogens is 302 g/mol. The molecule has 3 nitrogen and oxygen atoms in total. The predicted octanol–water partition coefficient (Wildman–Crippen LogP) is 3.93. The smallest absolute Gasteiger partial charge is 0.107 e. The molecule has 114 valence electrons. The number of nitrogens with zero attached hydrogens (tertiary/aromatic N) is 2. The second-order valence-corrected chi connectivity index (χ2v) is 6.52.